The van der Waals surface area contributed by atoms with E-state index in [-0.39, 0.29) is 16.8 Å². The minimum Gasteiger partial charge on any atom is -0.486 e. The third kappa shape index (κ3) is 4.16. The number of ether oxygens (including phenoxy) is 3. The molecule has 0 aromatic heterocycles. The highest BCUT2D eigenvalue weighted by molar-refractivity contribution is 5.99. The zero-order chi connectivity index (χ0) is 20.3. The molecule has 0 unspecified atom stereocenters. The number of nitrogens with zero attached hydrogens (tertiary/aromatic N) is 2. The molecule has 2 aliphatic heterocycles. The van der Waals surface area contributed by atoms with E-state index in [0.717, 1.165) is 38.8 Å². The number of benzene rings is 1. The number of rotatable bonds is 5. The van der Waals surface area contributed by atoms with Gasteiger partial charge in [-0.2, -0.15) is 0 Å². The van der Waals surface area contributed by atoms with Crippen LogP contribution in [0.15, 0.2) is 12.1 Å². The fourth-order valence-corrected chi connectivity index (χ4v) is 4.60. The molecule has 2 heterocycles. The van der Waals surface area contributed by atoms with Crippen molar-refractivity contribution in [3.05, 3.63) is 27.8 Å². The summed E-state index contributed by atoms with van der Waals surface area (Å²) in [4.78, 5) is 26.4. The quantitative estimate of drug-likeness (QED) is 0.591. The number of nitro groups is 1. The number of amides is 1. The second-order valence-electron chi connectivity index (χ2n) is 7.84. The largest absolute Gasteiger partial charge is 0.486 e. The molecule has 158 valence electrons. The second-order valence-corrected chi connectivity index (χ2v) is 7.84. The van der Waals surface area contributed by atoms with E-state index in [1.807, 2.05) is 0 Å². The van der Waals surface area contributed by atoms with Crippen LogP contribution in [-0.4, -0.2) is 67.3 Å². The minimum absolute atomic E-state index is 0.00665. The highest BCUT2D eigenvalue weighted by atomic mass is 16.6. The SMILES string of the molecule is O=C(NCC1(N2CCOCC2)CCCCC1)c1cc2c(cc1[N+](=O)[O-])OCCO2. The van der Waals surface area contributed by atoms with Gasteiger partial charge in [-0.25, -0.2) is 0 Å². The van der Waals surface area contributed by atoms with Crippen molar-refractivity contribution in [2.45, 2.75) is 37.6 Å². The molecular weight excluding hydrogens is 378 g/mol. The first-order valence-corrected chi connectivity index (χ1v) is 10.3. The zero-order valence-corrected chi connectivity index (χ0v) is 16.5. The molecule has 29 heavy (non-hydrogen) atoms. The third-order valence-electron chi connectivity index (χ3n) is 6.15. The van der Waals surface area contributed by atoms with Crippen molar-refractivity contribution >= 4 is 11.6 Å². The van der Waals surface area contributed by atoms with Crippen molar-refractivity contribution in [3.8, 4) is 11.5 Å². The van der Waals surface area contributed by atoms with E-state index in [9.17, 15) is 14.9 Å². The Morgan fingerprint density at radius 3 is 2.38 bits per heavy atom. The smallest absolute Gasteiger partial charge is 0.286 e. The molecule has 0 spiro atoms. The van der Waals surface area contributed by atoms with E-state index in [1.54, 1.807) is 0 Å². The summed E-state index contributed by atoms with van der Waals surface area (Å²) in [5, 5.41) is 14.5. The molecule has 1 aromatic carbocycles. The molecule has 9 nitrogen and oxygen atoms in total. The Morgan fingerprint density at radius 2 is 1.72 bits per heavy atom. The Balaban J connectivity index is 1.54. The molecule has 0 radical (unpaired) electrons. The number of carbonyl (C=O) groups is 1. The normalized spacial score (nSPS) is 21.4. The molecule has 4 rings (SSSR count). The maximum atomic E-state index is 13.0. The standard InChI is InChI=1S/C20H27N3O6/c24-19(15-12-17-18(29-11-10-28-17)13-16(15)23(25)26)21-14-20(4-2-1-3-5-20)22-6-8-27-9-7-22/h12-13H,1-11,14H2,(H,21,24). The van der Waals surface area contributed by atoms with Gasteiger partial charge in [-0.1, -0.05) is 19.3 Å². The second kappa shape index (κ2) is 8.54. The number of morpholine rings is 1. The first-order chi connectivity index (χ1) is 14.1. The fourth-order valence-electron chi connectivity index (χ4n) is 4.60. The Bertz CT molecular complexity index is 772. The summed E-state index contributed by atoms with van der Waals surface area (Å²) >= 11 is 0. The van der Waals surface area contributed by atoms with Crippen LogP contribution in [0.2, 0.25) is 0 Å². The topological polar surface area (TPSA) is 103 Å². The summed E-state index contributed by atoms with van der Waals surface area (Å²) in [6, 6.07) is 2.70. The van der Waals surface area contributed by atoms with E-state index in [4.69, 9.17) is 14.2 Å². The van der Waals surface area contributed by atoms with E-state index in [1.165, 1.54) is 18.6 Å². The van der Waals surface area contributed by atoms with E-state index < -0.39 is 10.8 Å². The maximum Gasteiger partial charge on any atom is 0.286 e. The van der Waals surface area contributed by atoms with Gasteiger partial charge >= 0.3 is 0 Å². The zero-order valence-electron chi connectivity index (χ0n) is 16.5. The summed E-state index contributed by atoms with van der Waals surface area (Å²) < 4.78 is 16.4. The Kier molecular flexibility index (Phi) is 5.86. The van der Waals surface area contributed by atoms with Crippen LogP contribution in [0.25, 0.3) is 0 Å². The Labute approximate surface area is 169 Å². The summed E-state index contributed by atoms with van der Waals surface area (Å²) in [5.74, 6) is 0.219. The average molecular weight is 405 g/mol. The van der Waals surface area contributed by atoms with Crippen molar-refractivity contribution in [3.63, 3.8) is 0 Å². The lowest BCUT2D eigenvalue weighted by Crippen LogP contribution is -2.59. The van der Waals surface area contributed by atoms with Crippen molar-refractivity contribution in [2.75, 3.05) is 46.1 Å². The highest BCUT2D eigenvalue weighted by Crippen LogP contribution is 2.37. The number of nitro benzene ring substituents is 1. The van der Waals surface area contributed by atoms with Crippen LogP contribution in [0.3, 0.4) is 0 Å². The van der Waals surface area contributed by atoms with Gasteiger partial charge in [0, 0.05) is 31.2 Å². The monoisotopic (exact) mass is 405 g/mol. The number of carbonyl (C=O) groups excluding carboxylic acids is 1. The van der Waals surface area contributed by atoms with Crippen molar-refractivity contribution in [1.82, 2.24) is 10.2 Å². The molecule has 0 atom stereocenters. The lowest BCUT2D eigenvalue weighted by Gasteiger charge is -2.48. The van der Waals surface area contributed by atoms with Crippen LogP contribution in [0.5, 0.6) is 11.5 Å². The predicted octanol–water partition coefficient (Wildman–Crippen LogP) is 2.13. The Morgan fingerprint density at radius 1 is 1.07 bits per heavy atom. The van der Waals surface area contributed by atoms with Gasteiger partial charge < -0.3 is 19.5 Å². The number of hydrogen-bond donors (Lipinski definition) is 1. The van der Waals surface area contributed by atoms with Crippen molar-refractivity contribution in [2.24, 2.45) is 0 Å². The van der Waals surface area contributed by atoms with Crippen molar-refractivity contribution < 1.29 is 23.9 Å². The molecule has 1 aliphatic carbocycles. The van der Waals surface area contributed by atoms with Crippen LogP contribution in [-0.2, 0) is 4.74 Å². The third-order valence-corrected chi connectivity index (χ3v) is 6.15. The predicted molar refractivity (Wildman–Crippen MR) is 105 cm³/mol. The number of nitrogens with one attached hydrogen (secondary N) is 1. The molecule has 1 saturated heterocycles. The molecule has 9 heteroatoms. The highest BCUT2D eigenvalue weighted by Gasteiger charge is 2.39. The minimum atomic E-state index is -0.550. The number of hydrogen-bond acceptors (Lipinski definition) is 7. The molecule has 1 aromatic rings. The van der Waals surface area contributed by atoms with Gasteiger partial charge in [0.1, 0.15) is 18.8 Å². The van der Waals surface area contributed by atoms with Crippen LogP contribution in [0, 0.1) is 10.1 Å². The molecule has 1 N–H and O–H groups in total. The average Bonchev–Trinajstić information content (AvgIpc) is 2.77. The Hall–Kier alpha value is -2.39. The van der Waals surface area contributed by atoms with Gasteiger partial charge in [0.25, 0.3) is 11.6 Å². The van der Waals surface area contributed by atoms with Gasteiger partial charge in [0.15, 0.2) is 11.5 Å². The lowest BCUT2D eigenvalue weighted by molar-refractivity contribution is -0.385. The summed E-state index contributed by atoms with van der Waals surface area (Å²) in [5.41, 5.74) is -0.372. The van der Waals surface area contributed by atoms with Gasteiger partial charge in [0.05, 0.1) is 24.2 Å². The molecule has 3 aliphatic rings. The summed E-state index contributed by atoms with van der Waals surface area (Å²) in [6.45, 7) is 4.24. The van der Waals surface area contributed by atoms with Gasteiger partial charge in [-0.15, -0.1) is 0 Å². The molecule has 0 bridgehead atoms. The fraction of sp³-hybridized carbons (Fsp3) is 0.650. The maximum absolute atomic E-state index is 13.0. The van der Waals surface area contributed by atoms with Crippen LogP contribution in [0.4, 0.5) is 5.69 Å². The van der Waals surface area contributed by atoms with Crippen LogP contribution >= 0.6 is 0 Å². The first kappa shape index (κ1) is 19.9. The van der Waals surface area contributed by atoms with Crippen molar-refractivity contribution in [1.29, 1.82) is 0 Å². The summed E-state index contributed by atoms with van der Waals surface area (Å²) in [7, 11) is 0. The molecular formula is C20H27N3O6. The van der Waals surface area contributed by atoms with E-state index in [2.05, 4.69) is 10.2 Å². The number of fused-ring (bicyclic) bond motifs is 1. The summed E-state index contributed by atoms with van der Waals surface area (Å²) in [6.07, 6.45) is 5.47. The molecule has 2 fully saturated rings. The lowest BCUT2D eigenvalue weighted by atomic mass is 9.79. The van der Waals surface area contributed by atoms with E-state index in [0.29, 0.717) is 44.5 Å². The van der Waals surface area contributed by atoms with Gasteiger partial charge in [-0.3, -0.25) is 19.8 Å². The molecule has 1 amide bonds. The molecule has 1 saturated carbocycles. The first-order valence-electron chi connectivity index (χ1n) is 10.3. The van der Waals surface area contributed by atoms with Crippen LogP contribution < -0.4 is 14.8 Å². The van der Waals surface area contributed by atoms with Crippen LogP contribution in [0.1, 0.15) is 42.5 Å². The van der Waals surface area contributed by atoms with Gasteiger partial charge in [0.2, 0.25) is 0 Å². The van der Waals surface area contributed by atoms with Gasteiger partial charge in [-0.05, 0) is 12.8 Å². The van der Waals surface area contributed by atoms with E-state index >= 15 is 0 Å².